The number of rotatable bonds is 3. The number of hydrogen-bond donors (Lipinski definition) is 0. The molecule has 4 heteroatoms. The number of hydrogen-bond acceptors (Lipinski definition) is 3. The van der Waals surface area contributed by atoms with E-state index in [4.69, 9.17) is 0 Å². The van der Waals surface area contributed by atoms with Crippen molar-refractivity contribution in [2.75, 3.05) is 7.05 Å². The van der Waals surface area contributed by atoms with E-state index in [0.717, 1.165) is 22.9 Å². The molecular weight excluding hydrogens is 212 g/mol. The van der Waals surface area contributed by atoms with Crippen molar-refractivity contribution < 1.29 is 0 Å². The Morgan fingerprint density at radius 2 is 2.24 bits per heavy atom. The predicted molar refractivity (Wildman–Crippen MR) is 70.1 cm³/mol. The smallest absolute Gasteiger partial charge is 0.155 e. The first kappa shape index (κ1) is 11.3. The summed E-state index contributed by atoms with van der Waals surface area (Å²) >= 11 is 0. The molecule has 4 nitrogen and oxygen atoms in total. The van der Waals surface area contributed by atoms with E-state index in [1.54, 1.807) is 25.7 Å². The van der Waals surface area contributed by atoms with Gasteiger partial charge in [-0.25, -0.2) is 4.98 Å². The number of aromatic nitrogens is 3. The highest BCUT2D eigenvalue weighted by molar-refractivity contribution is 5.78. The van der Waals surface area contributed by atoms with Gasteiger partial charge >= 0.3 is 0 Å². The lowest BCUT2D eigenvalue weighted by Gasteiger charge is -2.04. The first-order chi connectivity index (χ1) is 8.26. The van der Waals surface area contributed by atoms with Gasteiger partial charge in [-0.3, -0.25) is 14.5 Å². The van der Waals surface area contributed by atoms with E-state index in [0.29, 0.717) is 0 Å². The third-order valence-corrected chi connectivity index (χ3v) is 2.40. The molecule has 0 N–H and O–H groups in total. The molecule has 0 bridgehead atoms. The molecule has 0 aliphatic heterocycles. The second-order valence-electron chi connectivity index (χ2n) is 3.61. The zero-order valence-electron chi connectivity index (χ0n) is 9.96. The summed E-state index contributed by atoms with van der Waals surface area (Å²) in [4.78, 5) is 12.7. The summed E-state index contributed by atoms with van der Waals surface area (Å²) < 4.78 is 1.87. The standard InChI is InChI=1S/C13H14N4/c1-4-17-12(8-15-13(17)9-14-3)11-7-5-6-10(2)16-11/h4-9H,1H2,2-3H3/b14-9-. The number of aryl methyl sites for hydroxylation is 1. The fraction of sp³-hybridized carbons (Fsp3) is 0.154. The quantitative estimate of drug-likeness (QED) is 0.754. The van der Waals surface area contributed by atoms with Gasteiger partial charge in [0.05, 0.1) is 23.8 Å². The largest absolute Gasteiger partial charge is 0.298 e. The Bertz CT molecular complexity index is 567. The van der Waals surface area contributed by atoms with Gasteiger partial charge in [0.1, 0.15) is 0 Å². The maximum Gasteiger partial charge on any atom is 0.155 e. The molecule has 0 unspecified atom stereocenters. The van der Waals surface area contributed by atoms with Crippen LogP contribution in [0, 0.1) is 6.92 Å². The maximum atomic E-state index is 4.47. The molecule has 0 aliphatic rings. The molecule has 0 saturated heterocycles. The predicted octanol–water partition coefficient (Wildman–Crippen LogP) is 2.40. The summed E-state index contributed by atoms with van der Waals surface area (Å²) in [6.07, 6.45) is 5.19. The zero-order chi connectivity index (χ0) is 12.3. The Kier molecular flexibility index (Phi) is 3.14. The molecule has 0 fully saturated rings. The zero-order valence-corrected chi connectivity index (χ0v) is 9.96. The van der Waals surface area contributed by atoms with E-state index in [1.165, 1.54) is 0 Å². The minimum atomic E-state index is 0.751. The third kappa shape index (κ3) is 2.15. The summed E-state index contributed by atoms with van der Waals surface area (Å²) in [7, 11) is 1.71. The van der Waals surface area contributed by atoms with Crippen LogP contribution >= 0.6 is 0 Å². The number of imidazole rings is 1. The lowest BCUT2D eigenvalue weighted by atomic mass is 10.2. The number of nitrogens with zero attached hydrogens (tertiary/aromatic N) is 4. The molecule has 2 heterocycles. The summed E-state index contributed by atoms with van der Waals surface area (Å²) in [6, 6.07) is 5.90. The van der Waals surface area contributed by atoms with Gasteiger partial charge in [0.25, 0.3) is 0 Å². The molecule has 0 aromatic carbocycles. The summed E-state index contributed by atoms with van der Waals surface area (Å²) in [5.74, 6) is 0.751. The van der Waals surface area contributed by atoms with E-state index in [-0.39, 0.29) is 0 Å². The molecule has 0 saturated carbocycles. The maximum absolute atomic E-state index is 4.47. The van der Waals surface area contributed by atoms with Crippen LogP contribution in [0.25, 0.3) is 17.6 Å². The van der Waals surface area contributed by atoms with E-state index in [2.05, 4.69) is 21.5 Å². The van der Waals surface area contributed by atoms with Crippen molar-refractivity contribution in [2.24, 2.45) is 4.99 Å². The molecule has 0 atom stereocenters. The van der Waals surface area contributed by atoms with Crippen molar-refractivity contribution in [3.63, 3.8) is 0 Å². The lowest BCUT2D eigenvalue weighted by molar-refractivity contribution is 1.10. The molecule has 17 heavy (non-hydrogen) atoms. The first-order valence-corrected chi connectivity index (χ1v) is 5.32. The monoisotopic (exact) mass is 226 g/mol. The molecular formula is C13H14N4. The van der Waals surface area contributed by atoms with Gasteiger partial charge in [0, 0.05) is 18.9 Å². The van der Waals surface area contributed by atoms with Crippen LogP contribution in [0.5, 0.6) is 0 Å². The van der Waals surface area contributed by atoms with Crippen molar-refractivity contribution in [3.8, 4) is 11.4 Å². The summed E-state index contributed by atoms with van der Waals surface area (Å²) in [5.41, 5.74) is 2.77. The van der Waals surface area contributed by atoms with E-state index in [1.807, 2.05) is 29.7 Å². The van der Waals surface area contributed by atoms with Gasteiger partial charge < -0.3 is 0 Å². The van der Waals surface area contributed by atoms with Crippen LogP contribution in [0.15, 0.2) is 36.0 Å². The minimum Gasteiger partial charge on any atom is -0.298 e. The Hall–Kier alpha value is -2.23. The molecule has 86 valence electrons. The van der Waals surface area contributed by atoms with Crippen molar-refractivity contribution >= 4 is 12.4 Å². The van der Waals surface area contributed by atoms with Crippen LogP contribution in [0.2, 0.25) is 0 Å². The Balaban J connectivity index is 2.56. The molecule has 0 spiro atoms. The van der Waals surface area contributed by atoms with Crippen molar-refractivity contribution in [3.05, 3.63) is 42.5 Å². The van der Waals surface area contributed by atoms with Crippen LogP contribution in [0.1, 0.15) is 11.5 Å². The SMILES string of the molecule is C=Cn1c(-c2cccc(C)n2)cnc1/C=N\C. The van der Waals surface area contributed by atoms with Crippen LogP contribution < -0.4 is 0 Å². The molecule has 0 aliphatic carbocycles. The van der Waals surface area contributed by atoms with Gasteiger partial charge in [-0.15, -0.1) is 0 Å². The summed E-state index contributed by atoms with van der Waals surface area (Å²) in [5, 5.41) is 0. The van der Waals surface area contributed by atoms with Gasteiger partial charge in [0.2, 0.25) is 0 Å². The minimum absolute atomic E-state index is 0.751. The van der Waals surface area contributed by atoms with E-state index in [9.17, 15) is 0 Å². The molecule has 2 aromatic rings. The fourth-order valence-electron chi connectivity index (χ4n) is 1.65. The second kappa shape index (κ2) is 4.74. The molecule has 2 rings (SSSR count). The number of pyridine rings is 1. The van der Waals surface area contributed by atoms with Crippen molar-refractivity contribution in [1.29, 1.82) is 0 Å². The van der Waals surface area contributed by atoms with E-state index < -0.39 is 0 Å². The van der Waals surface area contributed by atoms with Crippen LogP contribution in [0.4, 0.5) is 0 Å². The average molecular weight is 226 g/mol. The molecule has 0 radical (unpaired) electrons. The van der Waals surface area contributed by atoms with Crippen molar-refractivity contribution in [2.45, 2.75) is 6.92 Å². The molecule has 0 amide bonds. The third-order valence-electron chi connectivity index (χ3n) is 2.40. The van der Waals surface area contributed by atoms with Crippen LogP contribution in [-0.4, -0.2) is 27.8 Å². The van der Waals surface area contributed by atoms with Crippen molar-refractivity contribution in [1.82, 2.24) is 14.5 Å². The van der Waals surface area contributed by atoms with Gasteiger partial charge in [-0.1, -0.05) is 12.6 Å². The first-order valence-electron chi connectivity index (χ1n) is 5.32. The Morgan fingerprint density at radius 1 is 1.41 bits per heavy atom. The Labute approximate surface area is 100 Å². The molecule has 2 aromatic heterocycles. The van der Waals surface area contributed by atoms with Gasteiger partial charge in [-0.05, 0) is 19.1 Å². The highest BCUT2D eigenvalue weighted by atomic mass is 15.1. The Morgan fingerprint density at radius 3 is 2.88 bits per heavy atom. The highest BCUT2D eigenvalue weighted by Crippen LogP contribution is 2.18. The topological polar surface area (TPSA) is 43.1 Å². The van der Waals surface area contributed by atoms with Crippen LogP contribution in [-0.2, 0) is 0 Å². The van der Waals surface area contributed by atoms with Gasteiger partial charge in [0.15, 0.2) is 5.82 Å². The van der Waals surface area contributed by atoms with E-state index >= 15 is 0 Å². The average Bonchev–Trinajstić information content (AvgIpc) is 2.72. The number of aliphatic imine (C=N–C) groups is 1. The lowest BCUT2D eigenvalue weighted by Crippen LogP contribution is -1.98. The van der Waals surface area contributed by atoms with Gasteiger partial charge in [-0.2, -0.15) is 0 Å². The summed E-state index contributed by atoms with van der Waals surface area (Å²) in [6.45, 7) is 5.75. The fourth-order valence-corrected chi connectivity index (χ4v) is 1.65. The normalized spacial score (nSPS) is 10.9. The highest BCUT2D eigenvalue weighted by Gasteiger charge is 2.08. The van der Waals surface area contributed by atoms with Crippen LogP contribution in [0.3, 0.4) is 0 Å². The second-order valence-corrected chi connectivity index (χ2v) is 3.61.